The minimum Gasteiger partial charge on any atom is -0.451 e. The highest BCUT2D eigenvalue weighted by molar-refractivity contribution is 6.30. The number of para-hydroxylation sites is 1. The topological polar surface area (TPSA) is 59.2 Å². The Morgan fingerprint density at radius 3 is 2.54 bits per heavy atom. The third kappa shape index (κ3) is 3.86. The number of halogens is 1. The van der Waals surface area contributed by atoms with E-state index >= 15 is 0 Å². The highest BCUT2D eigenvalue weighted by atomic mass is 35.5. The largest absolute Gasteiger partial charge is 0.451 e. The van der Waals surface area contributed by atoms with Gasteiger partial charge in [0.1, 0.15) is 0 Å². The van der Waals surface area contributed by atoms with Gasteiger partial charge in [-0.15, -0.1) is 0 Å². The zero-order chi connectivity index (χ0) is 18.7. The number of aromatic amines is 1. The molecule has 4 nitrogen and oxygen atoms in total. The Balaban J connectivity index is 1.71. The van der Waals surface area contributed by atoms with Crippen LogP contribution in [0.15, 0.2) is 54.6 Å². The SMILES string of the molecule is Cc1[nH]c2ccccc2c1C(=O)[C@H](C)OC(=O)/C=C/c1ccc(Cl)cc1. The first-order valence-electron chi connectivity index (χ1n) is 8.21. The Kier molecular flexibility index (Phi) is 5.24. The van der Waals surface area contributed by atoms with Crippen molar-refractivity contribution >= 4 is 40.3 Å². The number of carbonyl (C=O) groups is 2. The monoisotopic (exact) mass is 367 g/mol. The van der Waals surface area contributed by atoms with Gasteiger partial charge in [0.25, 0.3) is 0 Å². The Morgan fingerprint density at radius 1 is 1.12 bits per heavy atom. The summed E-state index contributed by atoms with van der Waals surface area (Å²) < 4.78 is 5.27. The van der Waals surface area contributed by atoms with Gasteiger partial charge in [-0.1, -0.05) is 41.9 Å². The molecule has 0 amide bonds. The van der Waals surface area contributed by atoms with E-state index in [1.807, 2.05) is 31.2 Å². The van der Waals surface area contributed by atoms with Crippen molar-refractivity contribution in [1.29, 1.82) is 0 Å². The summed E-state index contributed by atoms with van der Waals surface area (Å²) in [6.45, 7) is 3.42. The predicted molar refractivity (Wildman–Crippen MR) is 103 cm³/mol. The average molecular weight is 368 g/mol. The maximum Gasteiger partial charge on any atom is 0.331 e. The fraction of sp³-hybridized carbons (Fsp3) is 0.143. The predicted octanol–water partition coefficient (Wildman–Crippen LogP) is 4.96. The number of aromatic nitrogens is 1. The maximum absolute atomic E-state index is 12.8. The van der Waals surface area contributed by atoms with Crippen molar-refractivity contribution in [3.05, 3.63) is 76.5 Å². The van der Waals surface area contributed by atoms with E-state index < -0.39 is 12.1 Å². The number of fused-ring (bicyclic) bond motifs is 1. The molecular formula is C21H18ClNO3. The average Bonchev–Trinajstić information content (AvgIpc) is 2.96. The molecule has 1 aromatic heterocycles. The molecule has 1 heterocycles. The number of Topliss-reactive ketones (excluding diaryl/α,β-unsaturated/α-hetero) is 1. The molecule has 0 radical (unpaired) electrons. The molecule has 5 heteroatoms. The number of ketones is 1. The molecule has 0 fully saturated rings. The zero-order valence-electron chi connectivity index (χ0n) is 14.5. The smallest absolute Gasteiger partial charge is 0.331 e. The lowest BCUT2D eigenvalue weighted by atomic mass is 10.0. The first kappa shape index (κ1) is 18.0. The van der Waals surface area contributed by atoms with Gasteiger partial charge >= 0.3 is 5.97 Å². The van der Waals surface area contributed by atoms with Gasteiger partial charge in [0, 0.05) is 33.3 Å². The summed E-state index contributed by atoms with van der Waals surface area (Å²) in [5.41, 5.74) is 3.02. The molecule has 0 saturated heterocycles. The number of H-pyrrole nitrogens is 1. The van der Waals surface area contributed by atoms with Crippen LogP contribution in [0.5, 0.6) is 0 Å². The lowest BCUT2D eigenvalue weighted by Crippen LogP contribution is -2.24. The molecule has 0 spiro atoms. The zero-order valence-corrected chi connectivity index (χ0v) is 15.2. The van der Waals surface area contributed by atoms with E-state index in [0.717, 1.165) is 22.2 Å². The van der Waals surface area contributed by atoms with Crippen molar-refractivity contribution in [3.8, 4) is 0 Å². The van der Waals surface area contributed by atoms with Crippen LogP contribution in [0.25, 0.3) is 17.0 Å². The molecule has 132 valence electrons. The summed E-state index contributed by atoms with van der Waals surface area (Å²) in [5.74, 6) is -0.800. The van der Waals surface area contributed by atoms with Gasteiger partial charge in [0.15, 0.2) is 6.10 Å². The molecule has 0 aliphatic heterocycles. The second-order valence-electron chi connectivity index (χ2n) is 6.00. The van der Waals surface area contributed by atoms with Crippen LogP contribution >= 0.6 is 11.6 Å². The van der Waals surface area contributed by atoms with E-state index in [9.17, 15) is 9.59 Å². The molecule has 3 aromatic rings. The van der Waals surface area contributed by atoms with Gasteiger partial charge in [0.05, 0.1) is 0 Å². The van der Waals surface area contributed by atoms with Gasteiger partial charge in [-0.05, 0) is 43.7 Å². The fourth-order valence-electron chi connectivity index (χ4n) is 2.80. The van der Waals surface area contributed by atoms with Crippen molar-refractivity contribution in [2.75, 3.05) is 0 Å². The highest BCUT2D eigenvalue weighted by Crippen LogP contribution is 2.23. The first-order chi connectivity index (χ1) is 12.5. The minimum absolute atomic E-state index is 0.229. The number of hydrogen-bond donors (Lipinski definition) is 1. The molecule has 2 aromatic carbocycles. The van der Waals surface area contributed by atoms with Crippen LogP contribution in [0.1, 0.15) is 28.5 Å². The van der Waals surface area contributed by atoms with Crippen LogP contribution < -0.4 is 0 Å². The second-order valence-corrected chi connectivity index (χ2v) is 6.44. The van der Waals surface area contributed by atoms with Crippen molar-refractivity contribution < 1.29 is 14.3 Å². The normalized spacial score (nSPS) is 12.4. The van der Waals surface area contributed by atoms with E-state index in [4.69, 9.17) is 16.3 Å². The number of carbonyl (C=O) groups excluding carboxylic acids is 2. The first-order valence-corrected chi connectivity index (χ1v) is 8.59. The second kappa shape index (κ2) is 7.58. The molecule has 1 atom stereocenters. The molecule has 26 heavy (non-hydrogen) atoms. The van der Waals surface area contributed by atoms with Crippen molar-refractivity contribution in [2.24, 2.45) is 0 Å². The molecular weight excluding hydrogens is 350 g/mol. The summed E-state index contributed by atoms with van der Waals surface area (Å²) in [4.78, 5) is 28.0. The highest BCUT2D eigenvalue weighted by Gasteiger charge is 2.23. The summed E-state index contributed by atoms with van der Waals surface area (Å²) in [7, 11) is 0. The van der Waals surface area contributed by atoms with Crippen LogP contribution in [-0.4, -0.2) is 22.8 Å². The van der Waals surface area contributed by atoms with Crippen molar-refractivity contribution in [3.63, 3.8) is 0 Å². The summed E-state index contributed by atoms with van der Waals surface area (Å²) >= 11 is 5.83. The van der Waals surface area contributed by atoms with Gasteiger partial charge in [-0.3, -0.25) is 4.79 Å². The van der Waals surface area contributed by atoms with Crippen LogP contribution in [0, 0.1) is 6.92 Å². The Hall–Kier alpha value is -2.85. The van der Waals surface area contributed by atoms with Crippen LogP contribution in [0.4, 0.5) is 0 Å². The Bertz CT molecular complexity index is 986. The van der Waals surface area contributed by atoms with E-state index in [2.05, 4.69) is 4.98 Å². The minimum atomic E-state index is -0.879. The lowest BCUT2D eigenvalue weighted by molar-refractivity contribution is -0.140. The molecule has 1 N–H and O–H groups in total. The van der Waals surface area contributed by atoms with Crippen molar-refractivity contribution in [1.82, 2.24) is 4.98 Å². The van der Waals surface area contributed by atoms with E-state index in [1.54, 1.807) is 37.3 Å². The number of nitrogens with one attached hydrogen (secondary N) is 1. The van der Waals surface area contributed by atoms with Crippen molar-refractivity contribution in [2.45, 2.75) is 20.0 Å². The number of benzene rings is 2. The number of hydrogen-bond acceptors (Lipinski definition) is 3. The lowest BCUT2D eigenvalue weighted by Gasteiger charge is -2.11. The summed E-state index contributed by atoms with van der Waals surface area (Å²) in [6.07, 6.45) is 2.04. The maximum atomic E-state index is 12.8. The van der Waals surface area contributed by atoms with Gasteiger partial charge in [-0.25, -0.2) is 4.79 Å². The van der Waals surface area contributed by atoms with E-state index in [1.165, 1.54) is 6.08 Å². The molecule has 0 aliphatic rings. The Labute approximate surface area is 156 Å². The standard InChI is InChI=1S/C21H18ClNO3/c1-13-20(17-5-3-4-6-18(17)23-13)21(25)14(2)26-19(24)12-9-15-7-10-16(22)11-8-15/h3-12,14,23H,1-2H3/b12-9+/t14-/m0/s1. The van der Waals surface area contributed by atoms with Crippen LogP contribution in [0.3, 0.4) is 0 Å². The third-order valence-corrected chi connectivity index (χ3v) is 4.34. The molecule has 0 bridgehead atoms. The summed E-state index contributed by atoms with van der Waals surface area (Å²) in [6, 6.07) is 14.6. The van der Waals surface area contributed by atoms with Gasteiger partial charge in [-0.2, -0.15) is 0 Å². The third-order valence-electron chi connectivity index (χ3n) is 4.08. The van der Waals surface area contributed by atoms with Crippen LogP contribution in [-0.2, 0) is 9.53 Å². The number of aryl methyl sites for hydroxylation is 1. The summed E-state index contributed by atoms with van der Waals surface area (Å²) in [5, 5.41) is 1.45. The molecule has 0 saturated carbocycles. The molecule has 0 unspecified atom stereocenters. The van der Waals surface area contributed by atoms with E-state index in [-0.39, 0.29) is 5.78 Å². The molecule has 0 aliphatic carbocycles. The molecule has 3 rings (SSSR count). The number of esters is 1. The quantitative estimate of drug-likeness (QED) is 0.394. The van der Waals surface area contributed by atoms with E-state index in [0.29, 0.717) is 10.6 Å². The Morgan fingerprint density at radius 2 is 1.81 bits per heavy atom. The van der Waals surface area contributed by atoms with Crippen LogP contribution in [0.2, 0.25) is 5.02 Å². The van der Waals surface area contributed by atoms with Gasteiger partial charge in [0.2, 0.25) is 5.78 Å². The fourth-order valence-corrected chi connectivity index (χ4v) is 2.93. The number of ether oxygens (including phenoxy) is 1. The number of rotatable bonds is 5. The van der Waals surface area contributed by atoms with Gasteiger partial charge < -0.3 is 9.72 Å².